The Balaban J connectivity index is 0.00000320. The summed E-state index contributed by atoms with van der Waals surface area (Å²) in [6.45, 7) is 10.7. The first-order valence-corrected chi connectivity index (χ1v) is 10.9. The molecule has 0 saturated carbocycles. The van der Waals surface area contributed by atoms with Crippen molar-refractivity contribution in [2.24, 2.45) is 4.99 Å². The second-order valence-corrected chi connectivity index (χ2v) is 7.67. The number of aliphatic imine (C=N–C) groups is 1. The molecule has 1 aromatic carbocycles. The van der Waals surface area contributed by atoms with Gasteiger partial charge in [0.05, 0.1) is 25.9 Å². The van der Waals surface area contributed by atoms with E-state index in [4.69, 9.17) is 14.5 Å². The van der Waals surface area contributed by atoms with Crippen molar-refractivity contribution in [3.8, 4) is 5.75 Å². The number of nitrogens with one attached hydrogen (secondary N) is 1. The molecule has 3 rings (SSSR count). The Hall–Kier alpha value is -1.26. The van der Waals surface area contributed by atoms with Crippen molar-refractivity contribution >= 4 is 35.6 Å². The molecule has 2 aliphatic heterocycles. The van der Waals surface area contributed by atoms with E-state index in [1.54, 1.807) is 14.2 Å². The molecular formula is C22H38IN5O2. The van der Waals surface area contributed by atoms with E-state index in [2.05, 4.69) is 39.1 Å². The summed E-state index contributed by atoms with van der Waals surface area (Å²) in [6.07, 6.45) is 2.49. The number of hydrogen-bond donors (Lipinski definition) is 1. The van der Waals surface area contributed by atoms with Gasteiger partial charge >= 0.3 is 0 Å². The Kier molecular flexibility index (Phi) is 11.0. The molecule has 2 aliphatic rings. The molecule has 0 aromatic heterocycles. The summed E-state index contributed by atoms with van der Waals surface area (Å²) in [4.78, 5) is 12.3. The number of rotatable bonds is 8. The summed E-state index contributed by atoms with van der Waals surface area (Å²) in [5.74, 6) is 1.99. The molecule has 0 aliphatic carbocycles. The summed E-state index contributed by atoms with van der Waals surface area (Å²) >= 11 is 0. The minimum Gasteiger partial charge on any atom is -0.495 e. The molecule has 0 amide bonds. The molecule has 1 atom stereocenters. The molecule has 1 unspecified atom stereocenters. The zero-order chi connectivity index (χ0) is 20.5. The van der Waals surface area contributed by atoms with Gasteiger partial charge in [-0.2, -0.15) is 0 Å². The Morgan fingerprint density at radius 1 is 1.13 bits per heavy atom. The number of piperazine rings is 1. The summed E-state index contributed by atoms with van der Waals surface area (Å²) in [6, 6.07) is 8.81. The van der Waals surface area contributed by atoms with E-state index in [0.29, 0.717) is 6.04 Å². The van der Waals surface area contributed by atoms with Crippen LogP contribution in [0.15, 0.2) is 29.3 Å². The first kappa shape index (κ1) is 25.0. The van der Waals surface area contributed by atoms with Gasteiger partial charge in [-0.3, -0.25) is 9.89 Å². The lowest BCUT2D eigenvalue weighted by molar-refractivity contribution is 0.142. The van der Waals surface area contributed by atoms with Crippen molar-refractivity contribution in [3.05, 3.63) is 24.3 Å². The number of nitrogens with zero attached hydrogens (tertiary/aromatic N) is 4. The van der Waals surface area contributed by atoms with Crippen molar-refractivity contribution in [3.63, 3.8) is 0 Å². The van der Waals surface area contributed by atoms with E-state index < -0.39 is 0 Å². The Morgan fingerprint density at radius 3 is 2.60 bits per heavy atom. The molecule has 2 saturated heterocycles. The molecule has 30 heavy (non-hydrogen) atoms. The molecule has 7 nitrogen and oxygen atoms in total. The number of likely N-dealkylation sites (tertiary alicyclic amines) is 1. The van der Waals surface area contributed by atoms with Gasteiger partial charge in [0.15, 0.2) is 5.96 Å². The van der Waals surface area contributed by atoms with Crippen LogP contribution >= 0.6 is 24.0 Å². The normalized spacial score (nSPS) is 20.2. The van der Waals surface area contributed by atoms with Crippen LogP contribution in [0, 0.1) is 0 Å². The molecular weight excluding hydrogens is 493 g/mol. The molecule has 1 N–H and O–H groups in total. The first-order chi connectivity index (χ1) is 14.3. The van der Waals surface area contributed by atoms with Crippen LogP contribution in [0.2, 0.25) is 0 Å². The summed E-state index contributed by atoms with van der Waals surface area (Å²) in [7, 11) is 3.52. The number of benzene rings is 1. The summed E-state index contributed by atoms with van der Waals surface area (Å²) < 4.78 is 10.8. The second-order valence-electron chi connectivity index (χ2n) is 7.67. The summed E-state index contributed by atoms with van der Waals surface area (Å²) in [5.41, 5.74) is 1.18. The number of halogens is 1. The van der Waals surface area contributed by atoms with Crippen LogP contribution in [0.5, 0.6) is 5.75 Å². The Bertz CT molecular complexity index is 652. The maximum absolute atomic E-state index is 5.54. The van der Waals surface area contributed by atoms with Crippen LogP contribution in [0.1, 0.15) is 19.8 Å². The molecule has 0 bridgehead atoms. The third-order valence-corrected chi connectivity index (χ3v) is 5.87. The van der Waals surface area contributed by atoms with Crippen LogP contribution in [0.25, 0.3) is 0 Å². The highest BCUT2D eigenvalue weighted by Gasteiger charge is 2.25. The largest absolute Gasteiger partial charge is 0.495 e. The van der Waals surface area contributed by atoms with Crippen LogP contribution in [-0.4, -0.2) is 95.0 Å². The fourth-order valence-corrected chi connectivity index (χ4v) is 4.27. The van der Waals surface area contributed by atoms with Gasteiger partial charge in [0.1, 0.15) is 5.75 Å². The Labute approximate surface area is 198 Å². The number of anilines is 1. The number of hydrogen-bond acceptors (Lipinski definition) is 5. The SMILES string of the molecule is CCNC(=NCC1CCCN1CCOC)N1CCN(c2ccccc2OC)CC1.I. The average molecular weight is 531 g/mol. The smallest absolute Gasteiger partial charge is 0.194 e. The molecule has 1 aromatic rings. The van der Waals surface area contributed by atoms with Crippen molar-refractivity contribution in [1.29, 1.82) is 0 Å². The van der Waals surface area contributed by atoms with Crippen LogP contribution in [-0.2, 0) is 4.74 Å². The van der Waals surface area contributed by atoms with Gasteiger partial charge < -0.3 is 24.6 Å². The van der Waals surface area contributed by atoms with Gasteiger partial charge in [-0.15, -0.1) is 24.0 Å². The van der Waals surface area contributed by atoms with Gasteiger partial charge in [-0.25, -0.2) is 0 Å². The molecule has 170 valence electrons. The minimum absolute atomic E-state index is 0. The van der Waals surface area contributed by atoms with Crippen molar-refractivity contribution in [2.45, 2.75) is 25.8 Å². The maximum atomic E-state index is 5.54. The number of ether oxygens (including phenoxy) is 2. The maximum Gasteiger partial charge on any atom is 0.194 e. The molecule has 2 fully saturated rings. The van der Waals surface area contributed by atoms with E-state index in [9.17, 15) is 0 Å². The summed E-state index contributed by atoms with van der Waals surface area (Å²) in [5, 5.41) is 3.50. The van der Waals surface area contributed by atoms with Crippen LogP contribution < -0.4 is 15.0 Å². The van der Waals surface area contributed by atoms with Crippen molar-refractivity contribution in [2.75, 3.05) is 78.1 Å². The lowest BCUT2D eigenvalue weighted by Crippen LogP contribution is -2.53. The third kappa shape index (κ3) is 6.62. The lowest BCUT2D eigenvalue weighted by Gasteiger charge is -2.38. The average Bonchev–Trinajstić information content (AvgIpc) is 3.22. The van der Waals surface area contributed by atoms with E-state index in [-0.39, 0.29) is 24.0 Å². The predicted octanol–water partition coefficient (Wildman–Crippen LogP) is 2.51. The van der Waals surface area contributed by atoms with Gasteiger partial charge in [-0.1, -0.05) is 12.1 Å². The minimum atomic E-state index is 0. The second kappa shape index (κ2) is 13.2. The zero-order valence-electron chi connectivity index (χ0n) is 18.7. The lowest BCUT2D eigenvalue weighted by atomic mass is 10.2. The van der Waals surface area contributed by atoms with Gasteiger partial charge in [0.25, 0.3) is 0 Å². The Morgan fingerprint density at radius 2 is 1.90 bits per heavy atom. The standard InChI is InChI=1S/C22H37N5O2.HI/c1-4-23-22(24-18-19-8-7-11-25(19)16-17-28-2)27-14-12-26(13-15-27)20-9-5-6-10-21(20)29-3;/h5-6,9-10,19H,4,7-8,11-18H2,1-3H3,(H,23,24);1H. The fraction of sp³-hybridized carbons (Fsp3) is 0.682. The quantitative estimate of drug-likeness (QED) is 0.316. The predicted molar refractivity (Wildman–Crippen MR) is 135 cm³/mol. The monoisotopic (exact) mass is 531 g/mol. The topological polar surface area (TPSA) is 52.6 Å². The third-order valence-electron chi connectivity index (χ3n) is 5.87. The molecule has 2 heterocycles. The van der Waals surface area contributed by atoms with E-state index in [0.717, 1.165) is 70.7 Å². The highest BCUT2D eigenvalue weighted by molar-refractivity contribution is 14.0. The zero-order valence-corrected chi connectivity index (χ0v) is 21.0. The number of para-hydroxylation sites is 2. The number of methoxy groups -OCH3 is 2. The first-order valence-electron chi connectivity index (χ1n) is 10.9. The fourth-order valence-electron chi connectivity index (χ4n) is 4.27. The molecule has 8 heteroatoms. The van der Waals surface area contributed by atoms with E-state index >= 15 is 0 Å². The number of guanidine groups is 1. The van der Waals surface area contributed by atoms with Crippen LogP contribution in [0.3, 0.4) is 0 Å². The van der Waals surface area contributed by atoms with Crippen molar-refractivity contribution in [1.82, 2.24) is 15.1 Å². The van der Waals surface area contributed by atoms with Crippen LogP contribution in [0.4, 0.5) is 5.69 Å². The van der Waals surface area contributed by atoms with E-state index in [1.807, 2.05) is 12.1 Å². The van der Waals surface area contributed by atoms with Crippen molar-refractivity contribution < 1.29 is 9.47 Å². The van der Waals surface area contributed by atoms with E-state index in [1.165, 1.54) is 18.5 Å². The molecule has 0 spiro atoms. The highest BCUT2D eigenvalue weighted by atomic mass is 127. The van der Waals surface area contributed by atoms with Gasteiger partial charge in [0, 0.05) is 52.4 Å². The molecule has 0 radical (unpaired) electrons. The highest BCUT2D eigenvalue weighted by Crippen LogP contribution is 2.28. The van der Waals surface area contributed by atoms with Gasteiger partial charge in [0.2, 0.25) is 0 Å². The van der Waals surface area contributed by atoms with Gasteiger partial charge in [-0.05, 0) is 38.4 Å².